The quantitative estimate of drug-likeness (QED) is 0.494. The number of amidine groups is 1. The SMILES string of the molecule is Cc1ccc(-c2nn(-c3ccccc3)cc2/C=C2\SC(N3CC(C)OC(C)C3)=NC2=O)cc1F. The molecule has 0 N–H and O–H groups in total. The van der Waals surface area contributed by atoms with Crippen LogP contribution >= 0.6 is 11.8 Å². The summed E-state index contributed by atoms with van der Waals surface area (Å²) < 4.78 is 21.9. The lowest BCUT2D eigenvalue weighted by molar-refractivity contribution is -0.113. The number of hydrogen-bond acceptors (Lipinski definition) is 5. The fourth-order valence-corrected chi connectivity index (χ4v) is 5.10. The summed E-state index contributed by atoms with van der Waals surface area (Å²) >= 11 is 1.36. The summed E-state index contributed by atoms with van der Waals surface area (Å²) in [7, 11) is 0. The first kappa shape index (κ1) is 22.6. The van der Waals surface area contributed by atoms with Gasteiger partial charge in [0.25, 0.3) is 5.91 Å². The van der Waals surface area contributed by atoms with Crippen LogP contribution in [0.1, 0.15) is 25.0 Å². The van der Waals surface area contributed by atoms with Gasteiger partial charge in [-0.25, -0.2) is 9.07 Å². The molecule has 2 aromatic carbocycles. The lowest BCUT2D eigenvalue weighted by Gasteiger charge is -2.35. The van der Waals surface area contributed by atoms with Gasteiger partial charge in [0.1, 0.15) is 11.5 Å². The van der Waals surface area contributed by atoms with Gasteiger partial charge in [0.2, 0.25) is 0 Å². The average Bonchev–Trinajstić information content (AvgIpc) is 3.40. The van der Waals surface area contributed by atoms with Crippen molar-refractivity contribution in [2.45, 2.75) is 33.0 Å². The Morgan fingerprint density at radius 1 is 1.12 bits per heavy atom. The fraction of sp³-hybridized carbons (Fsp3) is 0.269. The monoisotopic (exact) mass is 476 g/mol. The molecule has 8 heteroatoms. The van der Waals surface area contributed by atoms with E-state index in [4.69, 9.17) is 9.84 Å². The molecule has 1 saturated heterocycles. The number of hydrogen-bond donors (Lipinski definition) is 0. The summed E-state index contributed by atoms with van der Waals surface area (Å²) in [5.41, 5.74) is 3.42. The van der Waals surface area contributed by atoms with Gasteiger partial charge in [-0.15, -0.1) is 0 Å². The van der Waals surface area contributed by atoms with Crippen molar-refractivity contribution in [3.05, 3.63) is 76.6 Å². The van der Waals surface area contributed by atoms with Crippen LogP contribution in [-0.2, 0) is 9.53 Å². The second kappa shape index (κ2) is 9.19. The molecule has 2 unspecified atom stereocenters. The first-order valence-corrected chi connectivity index (χ1v) is 12.0. The fourth-order valence-electron chi connectivity index (χ4n) is 4.18. The number of aromatic nitrogens is 2. The van der Waals surface area contributed by atoms with E-state index in [1.807, 2.05) is 56.4 Å². The summed E-state index contributed by atoms with van der Waals surface area (Å²) in [5.74, 6) is -0.571. The van der Waals surface area contributed by atoms with E-state index in [0.29, 0.717) is 40.0 Å². The molecule has 2 aliphatic rings. The highest BCUT2D eigenvalue weighted by molar-refractivity contribution is 8.18. The van der Waals surface area contributed by atoms with Gasteiger partial charge in [0.05, 0.1) is 22.8 Å². The third-order valence-electron chi connectivity index (χ3n) is 5.79. The minimum Gasteiger partial charge on any atom is -0.372 e. The number of aliphatic imine (C=N–C) groups is 1. The van der Waals surface area contributed by atoms with Crippen molar-refractivity contribution in [2.75, 3.05) is 13.1 Å². The predicted molar refractivity (Wildman–Crippen MR) is 133 cm³/mol. The van der Waals surface area contributed by atoms with Crippen molar-refractivity contribution in [2.24, 2.45) is 4.99 Å². The van der Waals surface area contributed by atoms with Gasteiger partial charge in [-0.3, -0.25) is 4.79 Å². The number of rotatable bonds is 3. The van der Waals surface area contributed by atoms with E-state index >= 15 is 0 Å². The molecule has 6 nitrogen and oxygen atoms in total. The van der Waals surface area contributed by atoms with Gasteiger partial charge < -0.3 is 9.64 Å². The number of ether oxygens (including phenoxy) is 1. The summed E-state index contributed by atoms with van der Waals surface area (Å²) in [4.78, 5) is 19.7. The molecule has 0 bridgehead atoms. The van der Waals surface area contributed by atoms with Crippen LogP contribution in [0.4, 0.5) is 4.39 Å². The van der Waals surface area contributed by atoms with E-state index in [0.717, 1.165) is 11.3 Å². The molecule has 0 radical (unpaired) electrons. The number of thioether (sulfide) groups is 1. The van der Waals surface area contributed by atoms with Crippen LogP contribution in [0.2, 0.25) is 0 Å². The number of carbonyl (C=O) groups is 1. The zero-order chi connectivity index (χ0) is 23.8. The second-order valence-corrected chi connectivity index (χ2v) is 9.66. The van der Waals surface area contributed by atoms with Crippen LogP contribution in [0.25, 0.3) is 23.0 Å². The Kier molecular flexibility index (Phi) is 6.10. The van der Waals surface area contributed by atoms with E-state index < -0.39 is 0 Å². The molecule has 3 heterocycles. The van der Waals surface area contributed by atoms with E-state index in [-0.39, 0.29) is 23.9 Å². The number of nitrogens with zero attached hydrogens (tertiary/aromatic N) is 4. The third-order valence-corrected chi connectivity index (χ3v) is 6.84. The number of aryl methyl sites for hydroxylation is 1. The Bertz CT molecular complexity index is 1290. The normalized spacial score (nSPS) is 21.9. The van der Waals surface area contributed by atoms with Gasteiger partial charge in [0, 0.05) is 30.4 Å². The topological polar surface area (TPSA) is 59.7 Å². The molecule has 2 aliphatic heterocycles. The van der Waals surface area contributed by atoms with Crippen LogP contribution in [0.15, 0.2) is 64.6 Å². The van der Waals surface area contributed by atoms with Gasteiger partial charge in [-0.2, -0.15) is 10.1 Å². The first-order valence-electron chi connectivity index (χ1n) is 11.2. The van der Waals surface area contributed by atoms with Crippen molar-refractivity contribution < 1.29 is 13.9 Å². The average molecular weight is 477 g/mol. The summed E-state index contributed by atoms with van der Waals surface area (Å²) in [6.45, 7) is 7.15. The third kappa shape index (κ3) is 4.56. The number of amides is 1. The summed E-state index contributed by atoms with van der Waals surface area (Å²) in [6.07, 6.45) is 3.81. The Labute approximate surface area is 202 Å². The maximum Gasteiger partial charge on any atom is 0.286 e. The van der Waals surface area contributed by atoms with Crippen molar-refractivity contribution in [3.63, 3.8) is 0 Å². The summed E-state index contributed by atoms with van der Waals surface area (Å²) in [6, 6.07) is 14.8. The molecule has 2 atom stereocenters. The highest BCUT2D eigenvalue weighted by Crippen LogP contribution is 2.34. The van der Waals surface area contributed by atoms with Gasteiger partial charge in [-0.05, 0) is 62.4 Å². The van der Waals surface area contributed by atoms with Gasteiger partial charge >= 0.3 is 0 Å². The largest absolute Gasteiger partial charge is 0.372 e. The Morgan fingerprint density at radius 3 is 2.56 bits per heavy atom. The maximum absolute atomic E-state index is 14.4. The predicted octanol–water partition coefficient (Wildman–Crippen LogP) is 5.07. The number of benzene rings is 2. The van der Waals surface area contributed by atoms with Gasteiger partial charge in [-0.1, -0.05) is 30.3 Å². The smallest absolute Gasteiger partial charge is 0.286 e. The standard InChI is InChI=1S/C26H25FN4O2S/c1-16-9-10-19(11-22(16)27)24-20(15-31(29-24)21-7-5-4-6-8-21)12-23-25(32)28-26(34-23)30-13-17(2)33-18(3)14-30/h4-12,15,17-18H,13-14H2,1-3H3/b23-12-. The second-order valence-electron chi connectivity index (χ2n) is 8.65. The van der Waals surface area contributed by atoms with E-state index in [2.05, 4.69) is 9.89 Å². The van der Waals surface area contributed by atoms with Crippen LogP contribution in [0.3, 0.4) is 0 Å². The van der Waals surface area contributed by atoms with Crippen LogP contribution in [0, 0.1) is 12.7 Å². The molecule has 5 rings (SSSR count). The maximum atomic E-state index is 14.4. The van der Waals surface area contributed by atoms with Crippen LogP contribution in [-0.4, -0.2) is 51.1 Å². The molecular weight excluding hydrogens is 451 g/mol. The minimum absolute atomic E-state index is 0.0716. The van der Waals surface area contributed by atoms with Crippen molar-refractivity contribution in [1.82, 2.24) is 14.7 Å². The van der Waals surface area contributed by atoms with Crippen molar-refractivity contribution in [3.8, 4) is 16.9 Å². The summed E-state index contributed by atoms with van der Waals surface area (Å²) in [5, 5.41) is 5.43. The van der Waals surface area contributed by atoms with Crippen LogP contribution < -0.4 is 0 Å². The molecule has 0 saturated carbocycles. The van der Waals surface area contributed by atoms with E-state index in [1.54, 1.807) is 23.7 Å². The molecule has 1 fully saturated rings. The van der Waals surface area contributed by atoms with E-state index in [1.165, 1.54) is 17.8 Å². The van der Waals surface area contributed by atoms with E-state index in [9.17, 15) is 9.18 Å². The first-order chi connectivity index (χ1) is 16.4. The number of halogens is 1. The molecule has 1 aromatic heterocycles. The molecule has 34 heavy (non-hydrogen) atoms. The Hall–Kier alpha value is -3.23. The lowest BCUT2D eigenvalue weighted by Crippen LogP contribution is -2.47. The van der Waals surface area contributed by atoms with Crippen LogP contribution in [0.5, 0.6) is 0 Å². The highest BCUT2D eigenvalue weighted by Gasteiger charge is 2.31. The zero-order valence-electron chi connectivity index (χ0n) is 19.2. The van der Waals surface area contributed by atoms with Crippen molar-refractivity contribution >= 4 is 28.9 Å². The molecular formula is C26H25FN4O2S. The van der Waals surface area contributed by atoms with Crippen molar-refractivity contribution in [1.29, 1.82) is 0 Å². The highest BCUT2D eigenvalue weighted by atomic mass is 32.2. The van der Waals surface area contributed by atoms with Gasteiger partial charge in [0.15, 0.2) is 5.17 Å². The molecule has 1 amide bonds. The molecule has 174 valence electrons. The molecule has 0 spiro atoms. The number of para-hydroxylation sites is 1. The number of morpholine rings is 1. The Morgan fingerprint density at radius 2 is 1.85 bits per heavy atom. The lowest BCUT2D eigenvalue weighted by atomic mass is 10.1. The molecule has 0 aliphatic carbocycles. The number of carbonyl (C=O) groups excluding carboxylic acids is 1. The Balaban J connectivity index is 1.51. The minimum atomic E-state index is -0.294. The molecule has 3 aromatic rings. The zero-order valence-corrected chi connectivity index (χ0v) is 20.1.